The summed E-state index contributed by atoms with van der Waals surface area (Å²) in [6.07, 6.45) is -0.435. The Morgan fingerprint density at radius 1 is 1.21 bits per heavy atom. The monoisotopic (exact) mass is 275 g/mol. The van der Waals surface area contributed by atoms with E-state index < -0.39 is 11.7 Å². The van der Waals surface area contributed by atoms with Gasteiger partial charge < -0.3 is 4.74 Å². The van der Waals surface area contributed by atoms with Gasteiger partial charge in [0, 0.05) is 5.69 Å². The Balaban J connectivity index is 2.10. The predicted molar refractivity (Wildman–Crippen MR) is 79.6 cm³/mol. The smallest absolute Gasteiger partial charge is 0.412 e. The summed E-state index contributed by atoms with van der Waals surface area (Å²) in [5, 5.41) is 6.85. The van der Waals surface area contributed by atoms with Gasteiger partial charge in [0.05, 0.1) is 0 Å². The van der Waals surface area contributed by atoms with Crippen LogP contribution in [0.2, 0.25) is 0 Å². The lowest BCUT2D eigenvalue weighted by Crippen LogP contribution is -2.27. The fraction of sp³-hybridized carbons (Fsp3) is 0.267. The molecule has 1 heterocycles. The van der Waals surface area contributed by atoms with E-state index in [1.165, 1.54) is 0 Å². The standard InChI is InChI=1S/C15H17NO2S/c1-15(2,3)18-14(17)16-13-6-4-5-11(9-13)12-7-8-19-10-12/h4-10H,1-3H3,(H,16,17). The van der Waals surface area contributed by atoms with Crippen LogP contribution in [0.15, 0.2) is 41.1 Å². The zero-order valence-electron chi connectivity index (χ0n) is 11.3. The van der Waals surface area contributed by atoms with Gasteiger partial charge >= 0.3 is 6.09 Å². The Kier molecular flexibility index (Phi) is 3.90. The second-order valence-electron chi connectivity index (χ2n) is 5.22. The molecule has 100 valence electrons. The maximum Gasteiger partial charge on any atom is 0.412 e. The molecule has 0 aliphatic carbocycles. The summed E-state index contributed by atoms with van der Waals surface area (Å²) in [5.74, 6) is 0. The van der Waals surface area contributed by atoms with Gasteiger partial charge in [-0.05, 0) is 60.9 Å². The number of rotatable bonds is 2. The Labute approximate surface area is 117 Å². The second kappa shape index (κ2) is 5.45. The summed E-state index contributed by atoms with van der Waals surface area (Å²) in [5.41, 5.74) is 2.47. The lowest BCUT2D eigenvalue weighted by Gasteiger charge is -2.19. The van der Waals surface area contributed by atoms with Gasteiger partial charge in [0.2, 0.25) is 0 Å². The van der Waals surface area contributed by atoms with Crippen LogP contribution in [-0.2, 0) is 4.74 Å². The predicted octanol–water partition coefficient (Wildman–Crippen LogP) is 4.76. The molecule has 0 atom stereocenters. The first kappa shape index (κ1) is 13.6. The van der Waals surface area contributed by atoms with Crippen LogP contribution >= 0.6 is 11.3 Å². The van der Waals surface area contributed by atoms with Crippen LogP contribution < -0.4 is 5.32 Å². The van der Waals surface area contributed by atoms with E-state index in [-0.39, 0.29) is 0 Å². The van der Waals surface area contributed by atoms with Crippen molar-refractivity contribution in [3.05, 3.63) is 41.1 Å². The number of benzene rings is 1. The largest absolute Gasteiger partial charge is 0.444 e. The summed E-state index contributed by atoms with van der Waals surface area (Å²) >= 11 is 1.65. The Hall–Kier alpha value is -1.81. The van der Waals surface area contributed by atoms with Gasteiger partial charge in [0.25, 0.3) is 0 Å². The van der Waals surface area contributed by atoms with E-state index >= 15 is 0 Å². The fourth-order valence-corrected chi connectivity index (χ4v) is 2.29. The number of hydrogen-bond acceptors (Lipinski definition) is 3. The lowest BCUT2D eigenvalue weighted by atomic mass is 10.1. The molecular formula is C15H17NO2S. The zero-order valence-corrected chi connectivity index (χ0v) is 12.1. The average molecular weight is 275 g/mol. The molecule has 0 aliphatic heterocycles. The molecule has 2 rings (SSSR count). The van der Waals surface area contributed by atoms with Crippen molar-refractivity contribution in [2.45, 2.75) is 26.4 Å². The second-order valence-corrected chi connectivity index (χ2v) is 6.00. The highest BCUT2D eigenvalue weighted by atomic mass is 32.1. The number of thiophene rings is 1. The molecule has 4 heteroatoms. The minimum Gasteiger partial charge on any atom is -0.444 e. The van der Waals surface area contributed by atoms with Gasteiger partial charge in [-0.2, -0.15) is 11.3 Å². The lowest BCUT2D eigenvalue weighted by molar-refractivity contribution is 0.0636. The number of carbonyl (C=O) groups excluding carboxylic acids is 1. The van der Waals surface area contributed by atoms with E-state index in [0.717, 1.165) is 16.8 Å². The molecule has 0 saturated carbocycles. The van der Waals surface area contributed by atoms with Crippen molar-refractivity contribution in [2.24, 2.45) is 0 Å². The summed E-state index contributed by atoms with van der Waals surface area (Å²) in [6.45, 7) is 5.52. The van der Waals surface area contributed by atoms with Crippen molar-refractivity contribution < 1.29 is 9.53 Å². The minimum absolute atomic E-state index is 0.435. The fourth-order valence-electron chi connectivity index (χ4n) is 1.63. The van der Waals surface area contributed by atoms with Crippen LogP contribution in [0.4, 0.5) is 10.5 Å². The molecule has 0 bridgehead atoms. The molecule has 3 nitrogen and oxygen atoms in total. The number of anilines is 1. The van der Waals surface area contributed by atoms with E-state index in [1.807, 2.05) is 50.4 Å². The van der Waals surface area contributed by atoms with Crippen molar-refractivity contribution in [3.8, 4) is 11.1 Å². The number of carbonyl (C=O) groups is 1. The molecule has 0 saturated heterocycles. The molecular weight excluding hydrogens is 258 g/mol. The molecule has 2 aromatic rings. The zero-order chi connectivity index (χ0) is 13.9. The van der Waals surface area contributed by atoms with Gasteiger partial charge in [0.15, 0.2) is 0 Å². The number of ether oxygens (including phenoxy) is 1. The molecule has 0 fully saturated rings. The SMILES string of the molecule is CC(C)(C)OC(=O)Nc1cccc(-c2ccsc2)c1. The van der Waals surface area contributed by atoms with Gasteiger partial charge in [0.1, 0.15) is 5.60 Å². The van der Waals surface area contributed by atoms with Crippen LogP contribution in [0, 0.1) is 0 Å². The van der Waals surface area contributed by atoms with E-state index in [9.17, 15) is 4.79 Å². The van der Waals surface area contributed by atoms with E-state index in [1.54, 1.807) is 11.3 Å². The first-order valence-electron chi connectivity index (χ1n) is 6.07. The quantitative estimate of drug-likeness (QED) is 0.858. The van der Waals surface area contributed by atoms with Crippen molar-refractivity contribution in [2.75, 3.05) is 5.32 Å². The minimum atomic E-state index is -0.491. The Bertz CT molecular complexity index is 556. The van der Waals surface area contributed by atoms with Gasteiger partial charge in [-0.1, -0.05) is 12.1 Å². The van der Waals surface area contributed by atoms with Crippen molar-refractivity contribution >= 4 is 23.1 Å². The van der Waals surface area contributed by atoms with Crippen LogP contribution in [-0.4, -0.2) is 11.7 Å². The highest BCUT2D eigenvalue weighted by molar-refractivity contribution is 7.08. The Morgan fingerprint density at radius 3 is 2.63 bits per heavy atom. The van der Waals surface area contributed by atoms with Crippen LogP contribution in [0.25, 0.3) is 11.1 Å². The summed E-state index contributed by atoms with van der Waals surface area (Å²) in [4.78, 5) is 11.7. The number of amides is 1. The van der Waals surface area contributed by atoms with Crippen molar-refractivity contribution in [1.29, 1.82) is 0 Å². The summed E-state index contributed by atoms with van der Waals surface area (Å²) < 4.78 is 5.22. The maximum absolute atomic E-state index is 11.7. The van der Waals surface area contributed by atoms with E-state index in [2.05, 4.69) is 16.8 Å². The molecule has 0 aliphatic rings. The van der Waals surface area contributed by atoms with Crippen LogP contribution in [0.3, 0.4) is 0 Å². The third-order valence-electron chi connectivity index (χ3n) is 2.36. The molecule has 1 amide bonds. The molecule has 1 aromatic carbocycles. The molecule has 0 radical (unpaired) electrons. The molecule has 19 heavy (non-hydrogen) atoms. The first-order valence-corrected chi connectivity index (χ1v) is 7.01. The summed E-state index contributed by atoms with van der Waals surface area (Å²) in [6, 6.07) is 9.77. The van der Waals surface area contributed by atoms with Gasteiger partial charge in [-0.25, -0.2) is 4.79 Å². The molecule has 0 unspecified atom stereocenters. The van der Waals surface area contributed by atoms with E-state index in [0.29, 0.717) is 0 Å². The number of hydrogen-bond donors (Lipinski definition) is 1. The van der Waals surface area contributed by atoms with Gasteiger partial charge in [-0.3, -0.25) is 5.32 Å². The van der Waals surface area contributed by atoms with Crippen LogP contribution in [0.1, 0.15) is 20.8 Å². The topological polar surface area (TPSA) is 38.3 Å². The van der Waals surface area contributed by atoms with Crippen molar-refractivity contribution in [3.63, 3.8) is 0 Å². The molecule has 1 aromatic heterocycles. The third-order valence-corrected chi connectivity index (χ3v) is 3.05. The summed E-state index contributed by atoms with van der Waals surface area (Å²) in [7, 11) is 0. The first-order chi connectivity index (χ1) is 8.94. The average Bonchev–Trinajstić information content (AvgIpc) is 2.79. The number of nitrogens with one attached hydrogen (secondary N) is 1. The van der Waals surface area contributed by atoms with Crippen LogP contribution in [0.5, 0.6) is 0 Å². The normalized spacial score (nSPS) is 11.1. The molecule has 0 spiro atoms. The molecule has 1 N–H and O–H groups in total. The highest BCUT2D eigenvalue weighted by Gasteiger charge is 2.16. The third kappa shape index (κ3) is 4.10. The highest BCUT2D eigenvalue weighted by Crippen LogP contribution is 2.24. The maximum atomic E-state index is 11.7. The van der Waals surface area contributed by atoms with Gasteiger partial charge in [-0.15, -0.1) is 0 Å². The van der Waals surface area contributed by atoms with E-state index in [4.69, 9.17) is 4.74 Å². The Morgan fingerprint density at radius 2 is 2.00 bits per heavy atom. The van der Waals surface area contributed by atoms with Crippen molar-refractivity contribution in [1.82, 2.24) is 0 Å².